The summed E-state index contributed by atoms with van der Waals surface area (Å²) in [6, 6.07) is 16.8. The Bertz CT molecular complexity index is 783. The first-order chi connectivity index (χ1) is 12.6. The molecule has 0 saturated carbocycles. The van der Waals surface area contributed by atoms with Gasteiger partial charge in [0.15, 0.2) is 0 Å². The summed E-state index contributed by atoms with van der Waals surface area (Å²) in [5.41, 5.74) is 6.84. The topological polar surface area (TPSA) is 56.4 Å². The molecule has 3 unspecified atom stereocenters. The Kier molecular flexibility index (Phi) is 5.22. The standard InChI is InChI=1S/C19H21BrN4OS/c1-12-2-4-13(5-3-12)11-26-18-22-17-16(10-21-24(17)19(25)23-18)14-6-8-15(20)9-7-14/h2-9,16-18,21-22H,10-11H2,1H3,(H,23,25). The lowest BCUT2D eigenvalue weighted by Gasteiger charge is -2.37. The van der Waals surface area contributed by atoms with Crippen LogP contribution in [0.3, 0.4) is 0 Å². The second-order valence-corrected chi connectivity index (χ2v) is 8.64. The van der Waals surface area contributed by atoms with Crippen LogP contribution in [0.2, 0.25) is 0 Å². The first-order valence-electron chi connectivity index (χ1n) is 8.62. The molecule has 4 rings (SSSR count). The van der Waals surface area contributed by atoms with Crippen LogP contribution in [0.15, 0.2) is 53.0 Å². The van der Waals surface area contributed by atoms with E-state index in [4.69, 9.17) is 0 Å². The third-order valence-electron chi connectivity index (χ3n) is 4.77. The van der Waals surface area contributed by atoms with Gasteiger partial charge in [-0.05, 0) is 30.2 Å². The number of thioether (sulfide) groups is 1. The lowest BCUT2D eigenvalue weighted by Crippen LogP contribution is -2.65. The number of nitrogens with one attached hydrogen (secondary N) is 3. The maximum Gasteiger partial charge on any atom is 0.335 e. The Labute approximate surface area is 166 Å². The van der Waals surface area contributed by atoms with Gasteiger partial charge >= 0.3 is 6.03 Å². The van der Waals surface area contributed by atoms with Gasteiger partial charge in [0, 0.05) is 22.7 Å². The molecular formula is C19H21BrN4OS. The zero-order chi connectivity index (χ0) is 18.1. The lowest BCUT2D eigenvalue weighted by atomic mass is 9.97. The molecule has 2 aliphatic rings. The van der Waals surface area contributed by atoms with Gasteiger partial charge in [-0.1, -0.05) is 57.9 Å². The summed E-state index contributed by atoms with van der Waals surface area (Å²) >= 11 is 5.18. The van der Waals surface area contributed by atoms with E-state index in [0.29, 0.717) is 0 Å². The van der Waals surface area contributed by atoms with Crippen LogP contribution in [0.5, 0.6) is 0 Å². The first-order valence-corrected chi connectivity index (χ1v) is 10.5. The second-order valence-electron chi connectivity index (χ2n) is 6.63. The number of nitrogens with zero attached hydrogens (tertiary/aromatic N) is 1. The minimum atomic E-state index is -0.108. The minimum absolute atomic E-state index is 0.0551. The van der Waals surface area contributed by atoms with Gasteiger partial charge in [0.1, 0.15) is 11.7 Å². The van der Waals surface area contributed by atoms with Crippen molar-refractivity contribution in [2.24, 2.45) is 0 Å². The molecule has 2 aromatic rings. The van der Waals surface area contributed by atoms with Crippen LogP contribution in [0.4, 0.5) is 4.79 Å². The zero-order valence-corrected chi connectivity index (χ0v) is 16.8. The smallest absolute Gasteiger partial charge is 0.312 e. The fraction of sp³-hybridized carbons (Fsp3) is 0.316. The van der Waals surface area contributed by atoms with E-state index >= 15 is 0 Å². The predicted octanol–water partition coefficient (Wildman–Crippen LogP) is 3.52. The number of carbonyl (C=O) groups excluding carboxylic acids is 1. The average Bonchev–Trinajstić information content (AvgIpc) is 3.06. The second kappa shape index (κ2) is 7.60. The van der Waals surface area contributed by atoms with E-state index in [1.54, 1.807) is 16.8 Å². The van der Waals surface area contributed by atoms with Crippen molar-refractivity contribution in [3.05, 3.63) is 69.7 Å². The molecular weight excluding hydrogens is 412 g/mol. The van der Waals surface area contributed by atoms with E-state index in [2.05, 4.69) is 75.3 Å². The molecule has 2 fully saturated rings. The Morgan fingerprint density at radius 3 is 2.62 bits per heavy atom. The van der Waals surface area contributed by atoms with E-state index in [0.717, 1.165) is 16.8 Å². The number of hydrazine groups is 1. The summed E-state index contributed by atoms with van der Waals surface area (Å²) in [4.78, 5) is 12.5. The maximum atomic E-state index is 12.5. The van der Waals surface area contributed by atoms with Gasteiger partial charge < -0.3 is 5.32 Å². The van der Waals surface area contributed by atoms with Crippen molar-refractivity contribution in [1.82, 2.24) is 21.1 Å². The summed E-state index contributed by atoms with van der Waals surface area (Å²) in [5.74, 6) is 1.07. The van der Waals surface area contributed by atoms with Gasteiger partial charge in [0.2, 0.25) is 0 Å². The Balaban J connectivity index is 1.44. The molecule has 2 aliphatic heterocycles. The van der Waals surface area contributed by atoms with Gasteiger partial charge in [-0.15, -0.1) is 11.8 Å². The molecule has 3 atom stereocenters. The lowest BCUT2D eigenvalue weighted by molar-refractivity contribution is 0.128. The number of fused-ring (bicyclic) bond motifs is 1. The monoisotopic (exact) mass is 432 g/mol. The quantitative estimate of drug-likeness (QED) is 0.691. The average molecular weight is 433 g/mol. The molecule has 0 bridgehead atoms. The third kappa shape index (κ3) is 3.76. The fourth-order valence-electron chi connectivity index (χ4n) is 3.32. The van der Waals surface area contributed by atoms with Crippen molar-refractivity contribution in [3.63, 3.8) is 0 Å². The molecule has 0 spiro atoms. The number of carbonyl (C=O) groups is 1. The highest BCUT2D eigenvalue weighted by molar-refractivity contribution is 9.10. The molecule has 2 amide bonds. The molecule has 136 valence electrons. The van der Waals surface area contributed by atoms with Gasteiger partial charge in [-0.2, -0.15) is 0 Å². The van der Waals surface area contributed by atoms with Gasteiger partial charge in [0.25, 0.3) is 0 Å². The maximum absolute atomic E-state index is 12.5. The summed E-state index contributed by atoms with van der Waals surface area (Å²) in [6.07, 6.45) is -0.0551. The number of urea groups is 1. The zero-order valence-electron chi connectivity index (χ0n) is 14.4. The number of hydrogen-bond donors (Lipinski definition) is 3. The highest BCUT2D eigenvalue weighted by Crippen LogP contribution is 2.30. The Morgan fingerprint density at radius 2 is 1.88 bits per heavy atom. The molecule has 2 aromatic carbocycles. The number of hydrogen-bond acceptors (Lipinski definition) is 4. The van der Waals surface area contributed by atoms with Crippen LogP contribution < -0.4 is 16.1 Å². The summed E-state index contributed by atoms with van der Waals surface area (Å²) in [5, 5.41) is 8.27. The highest BCUT2D eigenvalue weighted by Gasteiger charge is 2.43. The molecule has 0 aliphatic carbocycles. The van der Waals surface area contributed by atoms with Crippen molar-refractivity contribution in [1.29, 1.82) is 0 Å². The van der Waals surface area contributed by atoms with Crippen molar-refractivity contribution in [3.8, 4) is 0 Å². The van der Waals surface area contributed by atoms with Crippen molar-refractivity contribution >= 4 is 33.7 Å². The fourth-order valence-corrected chi connectivity index (χ4v) is 4.55. The molecule has 2 saturated heterocycles. The number of rotatable bonds is 4. The van der Waals surface area contributed by atoms with Crippen LogP contribution in [-0.2, 0) is 5.75 Å². The highest BCUT2D eigenvalue weighted by atomic mass is 79.9. The molecule has 2 heterocycles. The van der Waals surface area contributed by atoms with E-state index in [1.807, 2.05) is 12.1 Å². The predicted molar refractivity (Wildman–Crippen MR) is 108 cm³/mol. The Morgan fingerprint density at radius 1 is 1.15 bits per heavy atom. The van der Waals surface area contributed by atoms with Gasteiger partial charge in [-0.25, -0.2) is 15.2 Å². The minimum Gasteiger partial charge on any atom is -0.312 e. The summed E-state index contributed by atoms with van der Waals surface area (Å²) in [6.45, 7) is 2.83. The molecule has 3 N–H and O–H groups in total. The van der Waals surface area contributed by atoms with Crippen LogP contribution in [0.1, 0.15) is 22.6 Å². The van der Waals surface area contributed by atoms with Crippen LogP contribution in [0.25, 0.3) is 0 Å². The van der Waals surface area contributed by atoms with E-state index in [-0.39, 0.29) is 23.6 Å². The van der Waals surface area contributed by atoms with E-state index in [1.165, 1.54) is 16.7 Å². The van der Waals surface area contributed by atoms with Gasteiger partial charge in [0.05, 0.1) is 0 Å². The third-order valence-corrected chi connectivity index (χ3v) is 6.39. The molecule has 7 heteroatoms. The van der Waals surface area contributed by atoms with E-state index < -0.39 is 0 Å². The SMILES string of the molecule is Cc1ccc(CSC2NC(=O)N3NCC(c4ccc(Br)cc4)C3N2)cc1. The normalized spacial score (nSPS) is 25.1. The van der Waals surface area contributed by atoms with Crippen molar-refractivity contribution in [2.45, 2.75) is 30.3 Å². The molecule has 26 heavy (non-hydrogen) atoms. The summed E-state index contributed by atoms with van der Waals surface area (Å²) < 4.78 is 1.06. The van der Waals surface area contributed by atoms with Crippen LogP contribution >= 0.6 is 27.7 Å². The van der Waals surface area contributed by atoms with Gasteiger partial charge in [-0.3, -0.25) is 5.32 Å². The largest absolute Gasteiger partial charge is 0.335 e. The van der Waals surface area contributed by atoms with Crippen LogP contribution in [-0.4, -0.2) is 29.2 Å². The van der Waals surface area contributed by atoms with Crippen molar-refractivity contribution in [2.75, 3.05) is 6.54 Å². The molecule has 5 nitrogen and oxygen atoms in total. The Hall–Kier alpha value is -1.54. The number of aryl methyl sites for hydroxylation is 1. The molecule has 0 aromatic heterocycles. The first kappa shape index (κ1) is 17.9. The van der Waals surface area contributed by atoms with Crippen molar-refractivity contribution < 1.29 is 4.79 Å². The number of benzene rings is 2. The van der Waals surface area contributed by atoms with Crippen LogP contribution in [0, 0.1) is 6.92 Å². The van der Waals surface area contributed by atoms with E-state index in [9.17, 15) is 4.79 Å². The number of amides is 2. The summed E-state index contributed by atoms with van der Waals surface area (Å²) in [7, 11) is 0. The number of halogens is 1. The molecule has 0 radical (unpaired) electrons.